The van der Waals surface area contributed by atoms with Crippen LogP contribution in [0.2, 0.25) is 0 Å². The second-order valence-corrected chi connectivity index (χ2v) is 5.72. The predicted octanol–water partition coefficient (Wildman–Crippen LogP) is 2.30. The van der Waals surface area contributed by atoms with Crippen molar-refractivity contribution in [3.63, 3.8) is 0 Å². The van der Waals surface area contributed by atoms with E-state index in [0.29, 0.717) is 5.69 Å². The van der Waals surface area contributed by atoms with Crippen LogP contribution in [0.4, 0.5) is 5.82 Å². The van der Waals surface area contributed by atoms with E-state index in [1.54, 1.807) is 11.3 Å². The van der Waals surface area contributed by atoms with E-state index in [1.165, 1.54) is 6.42 Å². The van der Waals surface area contributed by atoms with Crippen LogP contribution in [0, 0.1) is 11.8 Å². The largest absolute Gasteiger partial charge is 0.357 e. The second-order valence-electron chi connectivity index (χ2n) is 4.85. The molecule has 5 heteroatoms. The molecule has 3 rings (SSSR count). The van der Waals surface area contributed by atoms with Gasteiger partial charge in [-0.15, -0.1) is 11.3 Å². The third-order valence-electron chi connectivity index (χ3n) is 3.54. The monoisotopic (exact) mass is 249 g/mol. The summed E-state index contributed by atoms with van der Waals surface area (Å²) in [7, 11) is 2.02. The van der Waals surface area contributed by atoms with E-state index < -0.39 is 0 Å². The molecule has 0 amide bonds. The fraction of sp³-hybridized carbons (Fsp3) is 0.500. The Morgan fingerprint density at radius 1 is 1.71 bits per heavy atom. The van der Waals surface area contributed by atoms with Crippen molar-refractivity contribution in [2.45, 2.75) is 13.3 Å². The average molecular weight is 249 g/mol. The molecular weight excluding hydrogens is 234 g/mol. The number of anilines is 1. The lowest BCUT2D eigenvalue weighted by atomic mass is 10.3. The molecule has 1 aliphatic carbocycles. The standard InChI is InChI=1S/C12H15N3OS/c1-8-5-9(8)6-14(2)11-10(7-16)15-3-4-17-12(15)13-11/h3-4,7-9H,5-6H2,1-2H3. The van der Waals surface area contributed by atoms with Crippen molar-refractivity contribution >= 4 is 28.4 Å². The first kappa shape index (κ1) is 10.8. The van der Waals surface area contributed by atoms with Gasteiger partial charge in [0, 0.05) is 25.2 Å². The molecule has 0 aromatic carbocycles. The van der Waals surface area contributed by atoms with E-state index in [-0.39, 0.29) is 0 Å². The summed E-state index contributed by atoms with van der Waals surface area (Å²) in [5.74, 6) is 2.39. The first-order valence-corrected chi connectivity index (χ1v) is 6.70. The number of fused-ring (bicyclic) bond motifs is 1. The molecule has 2 atom stereocenters. The zero-order valence-electron chi connectivity index (χ0n) is 9.96. The van der Waals surface area contributed by atoms with Crippen LogP contribution in [0.25, 0.3) is 4.96 Å². The Kier molecular flexibility index (Phi) is 2.43. The number of rotatable bonds is 4. The summed E-state index contributed by atoms with van der Waals surface area (Å²) in [4.78, 5) is 18.7. The number of hydrogen-bond donors (Lipinski definition) is 0. The molecule has 1 fully saturated rings. The van der Waals surface area contributed by atoms with Crippen molar-refractivity contribution in [3.05, 3.63) is 17.3 Å². The third kappa shape index (κ3) is 1.74. The van der Waals surface area contributed by atoms with Gasteiger partial charge in [0.15, 0.2) is 17.1 Å². The molecule has 0 N–H and O–H groups in total. The van der Waals surface area contributed by atoms with Gasteiger partial charge in [0.25, 0.3) is 0 Å². The Bertz CT molecular complexity index is 559. The maximum Gasteiger partial charge on any atom is 0.196 e. The van der Waals surface area contributed by atoms with Gasteiger partial charge < -0.3 is 4.90 Å². The Hall–Kier alpha value is -1.36. The van der Waals surface area contributed by atoms with Gasteiger partial charge in [-0.2, -0.15) is 0 Å². The van der Waals surface area contributed by atoms with Crippen molar-refractivity contribution in [1.29, 1.82) is 0 Å². The topological polar surface area (TPSA) is 37.6 Å². The molecule has 0 bridgehead atoms. The van der Waals surface area contributed by atoms with Crippen LogP contribution in [0.3, 0.4) is 0 Å². The molecule has 2 aromatic heterocycles. The summed E-state index contributed by atoms with van der Waals surface area (Å²) >= 11 is 1.56. The Labute approximate surface area is 104 Å². The molecule has 1 saturated carbocycles. The average Bonchev–Trinajstić information content (AvgIpc) is 2.75. The normalized spacial score (nSPS) is 22.9. The minimum Gasteiger partial charge on any atom is -0.357 e. The molecule has 0 spiro atoms. The van der Waals surface area contributed by atoms with Crippen molar-refractivity contribution < 1.29 is 4.79 Å². The van der Waals surface area contributed by atoms with E-state index in [2.05, 4.69) is 16.8 Å². The van der Waals surface area contributed by atoms with Crippen molar-refractivity contribution in [1.82, 2.24) is 9.38 Å². The van der Waals surface area contributed by atoms with E-state index in [1.807, 2.05) is 23.0 Å². The summed E-state index contributed by atoms with van der Waals surface area (Å²) < 4.78 is 1.86. The molecule has 2 aromatic rings. The molecule has 90 valence electrons. The number of aromatic nitrogens is 2. The molecule has 2 heterocycles. The molecule has 1 aliphatic rings. The Balaban J connectivity index is 1.92. The summed E-state index contributed by atoms with van der Waals surface area (Å²) in [5.41, 5.74) is 0.664. The zero-order valence-corrected chi connectivity index (χ0v) is 10.8. The fourth-order valence-corrected chi connectivity index (χ4v) is 2.99. The summed E-state index contributed by atoms with van der Waals surface area (Å²) in [6.07, 6.45) is 4.09. The van der Waals surface area contributed by atoms with Gasteiger partial charge >= 0.3 is 0 Å². The number of imidazole rings is 1. The summed E-state index contributed by atoms with van der Waals surface area (Å²) in [6.45, 7) is 3.26. The number of carbonyl (C=O) groups is 1. The molecule has 0 saturated heterocycles. The smallest absolute Gasteiger partial charge is 0.196 e. The van der Waals surface area contributed by atoms with E-state index in [9.17, 15) is 4.79 Å². The van der Waals surface area contributed by atoms with E-state index in [4.69, 9.17) is 0 Å². The highest BCUT2D eigenvalue weighted by molar-refractivity contribution is 7.15. The van der Waals surface area contributed by atoms with Crippen LogP contribution in [0.15, 0.2) is 11.6 Å². The van der Waals surface area contributed by atoms with Gasteiger partial charge in [-0.3, -0.25) is 9.20 Å². The minimum atomic E-state index is 0.664. The Morgan fingerprint density at radius 3 is 3.12 bits per heavy atom. The van der Waals surface area contributed by atoms with Crippen molar-refractivity contribution in [2.24, 2.45) is 11.8 Å². The van der Waals surface area contributed by atoms with E-state index in [0.717, 1.165) is 35.4 Å². The summed E-state index contributed by atoms with van der Waals surface area (Å²) in [5, 5.41) is 1.95. The van der Waals surface area contributed by atoms with Crippen LogP contribution in [0.1, 0.15) is 23.8 Å². The van der Waals surface area contributed by atoms with E-state index >= 15 is 0 Å². The SMILES string of the molecule is CC1CC1CN(C)c1nc2sccn2c1C=O. The first-order chi connectivity index (χ1) is 8.20. The van der Waals surface area contributed by atoms with Crippen LogP contribution >= 0.6 is 11.3 Å². The summed E-state index contributed by atoms with van der Waals surface area (Å²) in [6, 6.07) is 0. The maximum absolute atomic E-state index is 11.2. The molecule has 0 aliphatic heterocycles. The lowest BCUT2D eigenvalue weighted by Crippen LogP contribution is -2.22. The van der Waals surface area contributed by atoms with Crippen LogP contribution in [-0.4, -0.2) is 29.3 Å². The lowest BCUT2D eigenvalue weighted by molar-refractivity contribution is 0.111. The molecule has 4 nitrogen and oxygen atoms in total. The van der Waals surface area contributed by atoms with Gasteiger partial charge in [0.2, 0.25) is 0 Å². The molecular formula is C12H15N3OS. The highest BCUT2D eigenvalue weighted by Crippen LogP contribution is 2.39. The predicted molar refractivity (Wildman–Crippen MR) is 69.0 cm³/mol. The minimum absolute atomic E-state index is 0.664. The Morgan fingerprint density at radius 2 is 2.47 bits per heavy atom. The molecule has 0 radical (unpaired) electrons. The lowest BCUT2D eigenvalue weighted by Gasteiger charge is -2.16. The highest BCUT2D eigenvalue weighted by Gasteiger charge is 2.34. The zero-order chi connectivity index (χ0) is 12.0. The second kappa shape index (κ2) is 3.84. The molecule has 17 heavy (non-hydrogen) atoms. The van der Waals surface area contributed by atoms with Crippen LogP contribution < -0.4 is 4.90 Å². The maximum atomic E-state index is 11.2. The van der Waals surface area contributed by atoms with Gasteiger partial charge in [0.1, 0.15) is 5.69 Å². The van der Waals surface area contributed by atoms with Crippen molar-refractivity contribution in [2.75, 3.05) is 18.5 Å². The number of thiazole rings is 1. The fourth-order valence-electron chi connectivity index (χ4n) is 2.27. The molecule has 2 unspecified atom stereocenters. The van der Waals surface area contributed by atoms with Gasteiger partial charge in [-0.1, -0.05) is 6.92 Å². The number of nitrogens with zero attached hydrogens (tertiary/aromatic N) is 3. The van der Waals surface area contributed by atoms with Crippen molar-refractivity contribution in [3.8, 4) is 0 Å². The van der Waals surface area contributed by atoms with Gasteiger partial charge in [0.05, 0.1) is 0 Å². The third-order valence-corrected chi connectivity index (χ3v) is 4.29. The number of carbonyl (C=O) groups excluding carboxylic acids is 1. The number of aldehydes is 1. The first-order valence-electron chi connectivity index (χ1n) is 5.82. The van der Waals surface area contributed by atoms with Crippen LogP contribution in [0.5, 0.6) is 0 Å². The number of hydrogen-bond acceptors (Lipinski definition) is 4. The van der Waals surface area contributed by atoms with Crippen LogP contribution in [-0.2, 0) is 0 Å². The van der Waals surface area contributed by atoms with Gasteiger partial charge in [-0.25, -0.2) is 4.98 Å². The quantitative estimate of drug-likeness (QED) is 0.780. The van der Waals surface area contributed by atoms with Gasteiger partial charge in [-0.05, 0) is 18.3 Å². The highest BCUT2D eigenvalue weighted by atomic mass is 32.1.